The molecule has 2 heterocycles. The number of aryl methyl sites for hydroxylation is 1. The summed E-state index contributed by atoms with van der Waals surface area (Å²) < 4.78 is 38.4. The van der Waals surface area contributed by atoms with E-state index < -0.39 is 32.6 Å². The van der Waals surface area contributed by atoms with Gasteiger partial charge < -0.3 is 14.6 Å². The van der Waals surface area contributed by atoms with Gasteiger partial charge in [-0.1, -0.05) is 0 Å². The van der Waals surface area contributed by atoms with E-state index in [1.54, 1.807) is 0 Å². The van der Waals surface area contributed by atoms with Crippen LogP contribution in [0.3, 0.4) is 0 Å². The summed E-state index contributed by atoms with van der Waals surface area (Å²) in [5.41, 5.74) is -1.18. The number of methoxy groups -OCH3 is 2. The van der Waals surface area contributed by atoms with Crippen molar-refractivity contribution in [2.24, 2.45) is 11.4 Å². The third kappa shape index (κ3) is 3.28. The third-order valence-electron chi connectivity index (χ3n) is 3.08. The molecule has 2 aromatic rings. The Labute approximate surface area is 145 Å². The van der Waals surface area contributed by atoms with Gasteiger partial charge in [-0.2, -0.15) is 17.5 Å². The minimum Gasteiger partial charge on any atom is -0.844 e. The monoisotopic (exact) mass is 389 g/mol. The minimum absolute atomic E-state index is 0.201. The van der Waals surface area contributed by atoms with Gasteiger partial charge >= 0.3 is 17.7 Å². The van der Waals surface area contributed by atoms with E-state index >= 15 is 0 Å². The summed E-state index contributed by atoms with van der Waals surface area (Å²) in [6.07, 6.45) is 0. The molecule has 13 heteroatoms. The first-order chi connectivity index (χ1) is 11.6. The number of thiophene rings is 1. The number of rotatable bonds is 4. The molecular formula is C12H13N4O7S2-. The van der Waals surface area contributed by atoms with Crippen molar-refractivity contribution in [3.63, 3.8) is 0 Å². The first-order valence-electron chi connectivity index (χ1n) is 6.52. The average molecular weight is 389 g/mol. The van der Waals surface area contributed by atoms with Gasteiger partial charge in [0.1, 0.15) is 10.9 Å². The number of nitrogens with zero attached hydrogens (tertiary/aromatic N) is 4. The van der Waals surface area contributed by atoms with Gasteiger partial charge in [0.05, 0.1) is 19.8 Å². The zero-order chi connectivity index (χ0) is 18.9. The fourth-order valence-corrected chi connectivity index (χ4v) is 4.34. The Morgan fingerprint density at radius 2 is 2.04 bits per heavy atom. The van der Waals surface area contributed by atoms with Gasteiger partial charge in [-0.15, -0.1) is 16.4 Å². The maximum Gasteiger partial charge on any atom is 0.353 e. The summed E-state index contributed by atoms with van der Waals surface area (Å²) in [5.74, 6) is -0.887. The van der Waals surface area contributed by atoms with Crippen molar-refractivity contribution < 1.29 is 27.8 Å². The largest absolute Gasteiger partial charge is 0.844 e. The van der Waals surface area contributed by atoms with Crippen LogP contribution in [0.1, 0.15) is 15.2 Å². The van der Waals surface area contributed by atoms with E-state index in [1.165, 1.54) is 26.5 Å². The number of sulfonamides is 1. The van der Waals surface area contributed by atoms with Crippen molar-refractivity contribution in [1.29, 1.82) is 0 Å². The second kappa shape index (κ2) is 6.68. The number of hydrogen-bond acceptors (Lipinski definition) is 9. The van der Waals surface area contributed by atoms with Gasteiger partial charge in [0.25, 0.3) is 10.0 Å². The summed E-state index contributed by atoms with van der Waals surface area (Å²) in [7, 11) is -0.975. The molecule has 2 rings (SSSR count). The second-order valence-electron chi connectivity index (χ2n) is 4.62. The van der Waals surface area contributed by atoms with Crippen molar-refractivity contribution in [1.82, 2.24) is 14.3 Å². The topological polar surface area (TPSA) is 145 Å². The summed E-state index contributed by atoms with van der Waals surface area (Å²) in [6.45, 7) is 1.44. The van der Waals surface area contributed by atoms with E-state index in [-0.39, 0.29) is 21.1 Å². The molecule has 0 atom stereocenters. The van der Waals surface area contributed by atoms with Crippen molar-refractivity contribution in [2.75, 3.05) is 14.2 Å². The van der Waals surface area contributed by atoms with E-state index in [0.717, 1.165) is 23.0 Å². The molecule has 0 spiro atoms. The van der Waals surface area contributed by atoms with E-state index in [1.807, 2.05) is 0 Å². The van der Waals surface area contributed by atoms with E-state index in [9.17, 15) is 23.1 Å². The number of hydrogen-bond donors (Lipinski definition) is 0. The molecular weight excluding hydrogens is 376 g/mol. The molecule has 2 aromatic heterocycles. The zero-order valence-electron chi connectivity index (χ0n) is 13.5. The first-order valence-corrected chi connectivity index (χ1v) is 8.84. The highest BCUT2D eigenvalue weighted by Crippen LogP contribution is 2.28. The predicted molar refractivity (Wildman–Crippen MR) is 84.4 cm³/mol. The van der Waals surface area contributed by atoms with Gasteiger partial charge in [-0.05, 0) is 6.92 Å². The number of esters is 1. The summed E-state index contributed by atoms with van der Waals surface area (Å²) >= 11 is 0.978. The molecule has 0 aliphatic heterocycles. The van der Waals surface area contributed by atoms with Crippen LogP contribution in [0, 0.1) is 6.92 Å². The van der Waals surface area contributed by atoms with Crippen LogP contribution in [0.15, 0.2) is 19.5 Å². The molecule has 0 unspecified atom stereocenters. The average Bonchev–Trinajstić information content (AvgIpc) is 3.08. The lowest BCUT2D eigenvalue weighted by molar-refractivity contribution is -0.222. The molecule has 0 radical (unpaired) electrons. The molecule has 0 amide bonds. The number of aromatic nitrogens is 3. The third-order valence-corrected chi connectivity index (χ3v) is 5.56. The van der Waals surface area contributed by atoms with Gasteiger partial charge in [0, 0.05) is 17.3 Å². The maximum atomic E-state index is 12.4. The Kier molecular flexibility index (Phi) is 4.99. The minimum atomic E-state index is -4.57. The van der Waals surface area contributed by atoms with Crippen LogP contribution in [-0.2, 0) is 21.8 Å². The first kappa shape index (κ1) is 18.7. The normalized spacial score (nSPS) is 12.2. The van der Waals surface area contributed by atoms with Crippen molar-refractivity contribution >= 4 is 33.4 Å². The number of carbonyl (C=O) groups is 1. The van der Waals surface area contributed by atoms with Gasteiger partial charge in [-0.3, -0.25) is 0 Å². The lowest BCUT2D eigenvalue weighted by Crippen LogP contribution is -2.37. The maximum absolute atomic E-state index is 12.4. The molecule has 0 bridgehead atoms. The Hall–Kier alpha value is -2.67. The lowest BCUT2D eigenvalue weighted by Gasteiger charge is -2.09. The van der Waals surface area contributed by atoms with Crippen LogP contribution >= 0.6 is 11.3 Å². The van der Waals surface area contributed by atoms with Crippen LogP contribution in [-0.4, -0.2) is 49.0 Å². The molecule has 0 aromatic carbocycles. The highest BCUT2D eigenvalue weighted by Gasteiger charge is 2.27. The molecule has 0 aliphatic carbocycles. The number of ether oxygens (including phenoxy) is 2. The van der Waals surface area contributed by atoms with E-state index in [0.29, 0.717) is 0 Å². The lowest BCUT2D eigenvalue weighted by atomic mass is 10.3. The molecule has 0 N–H and O–H groups in total. The smallest absolute Gasteiger partial charge is 0.353 e. The summed E-state index contributed by atoms with van der Waals surface area (Å²) in [4.78, 5) is 23.4. The van der Waals surface area contributed by atoms with Crippen LogP contribution in [0.25, 0.3) is 0 Å². The molecule has 0 saturated carbocycles. The molecule has 0 fully saturated rings. The summed E-state index contributed by atoms with van der Waals surface area (Å²) in [5, 5.41) is 16.9. The fraction of sp³-hybridized carbons (Fsp3) is 0.333. The van der Waals surface area contributed by atoms with Crippen molar-refractivity contribution in [2.45, 2.75) is 11.8 Å². The zero-order valence-corrected chi connectivity index (χ0v) is 15.2. The van der Waals surface area contributed by atoms with Crippen LogP contribution in [0.5, 0.6) is 6.01 Å². The fourth-order valence-electron chi connectivity index (χ4n) is 1.92. The highest BCUT2D eigenvalue weighted by atomic mass is 32.2. The Morgan fingerprint density at radius 3 is 2.56 bits per heavy atom. The molecule has 136 valence electrons. The van der Waals surface area contributed by atoms with Gasteiger partial charge in [0.2, 0.25) is 0 Å². The highest BCUT2D eigenvalue weighted by molar-refractivity contribution is 7.90. The molecule has 0 saturated heterocycles. The molecule has 25 heavy (non-hydrogen) atoms. The van der Waals surface area contributed by atoms with Crippen molar-refractivity contribution in [3.8, 4) is 6.01 Å². The van der Waals surface area contributed by atoms with E-state index in [4.69, 9.17) is 4.74 Å². The quantitative estimate of drug-likeness (QED) is 0.356. The molecule has 0 aliphatic rings. The van der Waals surface area contributed by atoms with Crippen LogP contribution in [0.4, 0.5) is 0 Å². The van der Waals surface area contributed by atoms with Crippen molar-refractivity contribution in [3.05, 3.63) is 26.3 Å². The second-order valence-corrected chi connectivity index (χ2v) is 7.24. The number of carbonyl (C=O) groups excluding carboxylic acids is 1. The van der Waals surface area contributed by atoms with E-state index in [2.05, 4.69) is 14.2 Å². The predicted octanol–water partition coefficient (Wildman–Crippen LogP) is -1.30. The van der Waals surface area contributed by atoms with Crippen LogP contribution in [0.2, 0.25) is 0 Å². The molecule has 11 nitrogen and oxygen atoms in total. The summed E-state index contributed by atoms with van der Waals surface area (Å²) in [6, 6.07) is -1.64. The SMILES string of the molecule is COC(=O)c1csc(C)c1S(=O)(=O)N=C([O-])n1nc(OC)n(C)c1=O. The van der Waals surface area contributed by atoms with Gasteiger partial charge in [0.15, 0.2) is 0 Å². The Bertz CT molecular complexity index is 1010. The standard InChI is InChI=1S/C12H14N4O7S2/c1-6-8(7(5-24-6)9(17)22-3)25(20,21)14-10(18)16-12(19)15(2)11(13-16)23-4/h5H,1-4H3,(H,14,18)/p-1. The Morgan fingerprint density at radius 1 is 1.40 bits per heavy atom. The van der Waals surface area contributed by atoms with Gasteiger partial charge in [-0.25, -0.2) is 14.2 Å². The van der Waals surface area contributed by atoms with Crippen LogP contribution < -0.4 is 15.5 Å². The Balaban J connectivity index is 2.59.